The van der Waals surface area contributed by atoms with Crippen molar-refractivity contribution in [1.29, 1.82) is 0 Å². The van der Waals surface area contributed by atoms with E-state index in [-0.39, 0.29) is 6.10 Å². The van der Waals surface area contributed by atoms with Gasteiger partial charge in [-0.25, -0.2) is 0 Å². The maximum absolute atomic E-state index is 9.53. The van der Waals surface area contributed by atoms with Gasteiger partial charge in [0.25, 0.3) is 0 Å². The first-order valence-electron chi connectivity index (χ1n) is 5.02. The number of aliphatic hydroxyl groups excluding tert-OH is 1. The fraction of sp³-hybridized carbons (Fsp3) is 0.545. The van der Waals surface area contributed by atoms with Crippen LogP contribution in [0.15, 0.2) is 18.3 Å². The second-order valence-electron chi connectivity index (χ2n) is 3.43. The standard InChI is InChI=1S/C11H18N2O/c1-3-9-4-5-10(13-7-9)6-11(14)8-12-2/h4-5,7,11-12,14H,3,6,8H2,1-2H3. The van der Waals surface area contributed by atoms with Crippen molar-refractivity contribution in [3.63, 3.8) is 0 Å². The monoisotopic (exact) mass is 194 g/mol. The fourth-order valence-corrected chi connectivity index (χ4v) is 1.33. The maximum Gasteiger partial charge on any atom is 0.0719 e. The molecule has 0 amide bonds. The molecule has 0 saturated heterocycles. The van der Waals surface area contributed by atoms with E-state index >= 15 is 0 Å². The first kappa shape index (κ1) is 11.1. The Balaban J connectivity index is 2.50. The minimum Gasteiger partial charge on any atom is -0.391 e. The number of hydrogen-bond donors (Lipinski definition) is 2. The van der Waals surface area contributed by atoms with E-state index in [9.17, 15) is 5.11 Å². The van der Waals surface area contributed by atoms with Gasteiger partial charge >= 0.3 is 0 Å². The lowest BCUT2D eigenvalue weighted by Crippen LogP contribution is -2.25. The van der Waals surface area contributed by atoms with Gasteiger partial charge in [0.1, 0.15) is 0 Å². The van der Waals surface area contributed by atoms with Crippen molar-refractivity contribution in [2.45, 2.75) is 25.9 Å². The van der Waals surface area contributed by atoms with Crippen LogP contribution < -0.4 is 5.32 Å². The van der Waals surface area contributed by atoms with Crippen LogP contribution in [0.1, 0.15) is 18.2 Å². The quantitative estimate of drug-likeness (QED) is 0.727. The van der Waals surface area contributed by atoms with Crippen LogP contribution >= 0.6 is 0 Å². The molecule has 0 aliphatic heterocycles. The number of rotatable bonds is 5. The van der Waals surface area contributed by atoms with Crippen molar-refractivity contribution in [3.8, 4) is 0 Å². The Labute approximate surface area is 85.2 Å². The summed E-state index contributed by atoms with van der Waals surface area (Å²) in [7, 11) is 1.83. The molecule has 1 heterocycles. The SMILES string of the molecule is CCc1ccc(CC(O)CNC)nc1. The number of pyridine rings is 1. The van der Waals surface area contributed by atoms with Crippen molar-refractivity contribution >= 4 is 0 Å². The summed E-state index contributed by atoms with van der Waals surface area (Å²) in [5.74, 6) is 0. The second kappa shape index (κ2) is 5.73. The minimum absolute atomic E-state index is 0.347. The molecule has 0 bridgehead atoms. The number of aryl methyl sites for hydroxylation is 1. The van der Waals surface area contributed by atoms with E-state index in [1.54, 1.807) is 0 Å². The van der Waals surface area contributed by atoms with Crippen LogP contribution in [0.25, 0.3) is 0 Å². The minimum atomic E-state index is -0.347. The number of nitrogens with zero attached hydrogens (tertiary/aromatic N) is 1. The van der Waals surface area contributed by atoms with Crippen LogP contribution in [-0.2, 0) is 12.8 Å². The average Bonchev–Trinajstić information content (AvgIpc) is 2.19. The van der Waals surface area contributed by atoms with E-state index in [0.29, 0.717) is 13.0 Å². The summed E-state index contributed by atoms with van der Waals surface area (Å²) >= 11 is 0. The Morgan fingerprint density at radius 3 is 2.79 bits per heavy atom. The molecule has 1 atom stereocenters. The molecule has 3 heteroatoms. The molecule has 0 aliphatic rings. The summed E-state index contributed by atoms with van der Waals surface area (Å²) in [4.78, 5) is 4.28. The average molecular weight is 194 g/mol. The summed E-state index contributed by atoms with van der Waals surface area (Å²) in [5, 5.41) is 12.5. The van der Waals surface area contributed by atoms with Crippen molar-refractivity contribution < 1.29 is 5.11 Å². The Bertz CT molecular complexity index is 258. The first-order valence-corrected chi connectivity index (χ1v) is 5.02. The Morgan fingerprint density at radius 2 is 2.29 bits per heavy atom. The molecule has 0 spiro atoms. The topological polar surface area (TPSA) is 45.1 Å². The molecule has 0 saturated carbocycles. The number of nitrogens with one attached hydrogen (secondary N) is 1. The molecule has 78 valence electrons. The lowest BCUT2D eigenvalue weighted by atomic mass is 10.1. The fourth-order valence-electron chi connectivity index (χ4n) is 1.33. The van der Waals surface area contributed by atoms with Crippen LogP contribution in [0.5, 0.6) is 0 Å². The molecule has 1 unspecified atom stereocenters. The van der Waals surface area contributed by atoms with E-state index in [4.69, 9.17) is 0 Å². The van der Waals surface area contributed by atoms with Gasteiger partial charge < -0.3 is 10.4 Å². The van der Waals surface area contributed by atoms with Gasteiger partial charge in [0.05, 0.1) is 6.10 Å². The predicted molar refractivity (Wildman–Crippen MR) is 57.3 cm³/mol. The van der Waals surface area contributed by atoms with Gasteiger partial charge in [0.2, 0.25) is 0 Å². The zero-order valence-electron chi connectivity index (χ0n) is 8.83. The third kappa shape index (κ3) is 3.44. The van der Waals surface area contributed by atoms with Gasteiger partial charge in [-0.2, -0.15) is 0 Å². The van der Waals surface area contributed by atoms with Crippen LogP contribution in [0.2, 0.25) is 0 Å². The van der Waals surface area contributed by atoms with E-state index in [2.05, 4.69) is 23.3 Å². The summed E-state index contributed by atoms with van der Waals surface area (Å²) < 4.78 is 0. The highest BCUT2D eigenvalue weighted by atomic mass is 16.3. The lowest BCUT2D eigenvalue weighted by molar-refractivity contribution is 0.173. The third-order valence-corrected chi connectivity index (χ3v) is 2.18. The van der Waals surface area contributed by atoms with Crippen molar-refractivity contribution in [2.75, 3.05) is 13.6 Å². The first-order chi connectivity index (χ1) is 6.76. The van der Waals surface area contributed by atoms with E-state index in [1.807, 2.05) is 19.3 Å². The molecular formula is C11H18N2O. The zero-order chi connectivity index (χ0) is 10.4. The summed E-state index contributed by atoms with van der Waals surface area (Å²) in [6.45, 7) is 2.71. The van der Waals surface area contributed by atoms with Crippen LogP contribution in [0.3, 0.4) is 0 Å². The molecule has 0 radical (unpaired) electrons. The largest absolute Gasteiger partial charge is 0.391 e. The van der Waals surface area contributed by atoms with Gasteiger partial charge in [-0.1, -0.05) is 13.0 Å². The van der Waals surface area contributed by atoms with Crippen molar-refractivity contribution in [3.05, 3.63) is 29.6 Å². The third-order valence-electron chi connectivity index (χ3n) is 2.18. The summed E-state index contributed by atoms with van der Waals surface area (Å²) in [5.41, 5.74) is 2.18. The Hall–Kier alpha value is -0.930. The highest BCUT2D eigenvalue weighted by Crippen LogP contribution is 2.03. The Morgan fingerprint density at radius 1 is 1.50 bits per heavy atom. The molecule has 0 aliphatic carbocycles. The Kier molecular flexibility index (Phi) is 4.56. The molecule has 1 aromatic heterocycles. The zero-order valence-corrected chi connectivity index (χ0v) is 8.83. The maximum atomic E-state index is 9.53. The predicted octanol–water partition coefficient (Wildman–Crippen LogP) is 0.767. The van der Waals surface area contributed by atoms with Crippen LogP contribution in [0, 0.1) is 0 Å². The van der Waals surface area contributed by atoms with Gasteiger partial charge in [0.15, 0.2) is 0 Å². The highest BCUT2D eigenvalue weighted by molar-refractivity contribution is 5.14. The number of aromatic nitrogens is 1. The normalized spacial score (nSPS) is 12.8. The molecular weight excluding hydrogens is 176 g/mol. The van der Waals surface area contributed by atoms with Gasteiger partial charge in [-0.3, -0.25) is 4.98 Å². The van der Waals surface area contributed by atoms with E-state index in [0.717, 1.165) is 12.1 Å². The molecule has 2 N–H and O–H groups in total. The van der Waals surface area contributed by atoms with E-state index in [1.165, 1.54) is 5.56 Å². The summed E-state index contributed by atoms with van der Waals surface area (Å²) in [6.07, 6.45) is 3.15. The number of aliphatic hydroxyl groups is 1. The molecule has 3 nitrogen and oxygen atoms in total. The summed E-state index contributed by atoms with van der Waals surface area (Å²) in [6, 6.07) is 4.05. The number of likely N-dealkylation sites (N-methyl/N-ethyl adjacent to an activating group) is 1. The van der Waals surface area contributed by atoms with Crippen molar-refractivity contribution in [2.24, 2.45) is 0 Å². The smallest absolute Gasteiger partial charge is 0.0719 e. The van der Waals surface area contributed by atoms with Crippen LogP contribution in [0.4, 0.5) is 0 Å². The van der Waals surface area contributed by atoms with E-state index < -0.39 is 0 Å². The molecule has 0 fully saturated rings. The van der Waals surface area contributed by atoms with Crippen LogP contribution in [-0.4, -0.2) is 29.8 Å². The second-order valence-corrected chi connectivity index (χ2v) is 3.43. The van der Waals surface area contributed by atoms with Crippen molar-refractivity contribution in [1.82, 2.24) is 10.3 Å². The van der Waals surface area contributed by atoms with Gasteiger partial charge in [-0.05, 0) is 25.1 Å². The van der Waals surface area contributed by atoms with Gasteiger partial charge in [-0.15, -0.1) is 0 Å². The molecule has 14 heavy (non-hydrogen) atoms. The molecule has 0 aromatic carbocycles. The van der Waals surface area contributed by atoms with Gasteiger partial charge in [0, 0.05) is 24.9 Å². The number of hydrogen-bond acceptors (Lipinski definition) is 3. The highest BCUT2D eigenvalue weighted by Gasteiger charge is 2.04. The lowest BCUT2D eigenvalue weighted by Gasteiger charge is -2.09. The molecule has 1 aromatic rings. The molecule has 1 rings (SSSR count).